The summed E-state index contributed by atoms with van der Waals surface area (Å²) < 4.78 is 14.7. The Labute approximate surface area is 129 Å². The lowest BCUT2D eigenvalue weighted by molar-refractivity contribution is 0.597. The van der Waals surface area contributed by atoms with E-state index in [0.717, 1.165) is 16.8 Å². The third-order valence-electron chi connectivity index (χ3n) is 2.65. The molecule has 0 spiro atoms. The minimum atomic E-state index is -0.145. The summed E-state index contributed by atoms with van der Waals surface area (Å²) in [4.78, 5) is 1.98. The van der Waals surface area contributed by atoms with E-state index in [1.165, 1.54) is 10.9 Å². The van der Waals surface area contributed by atoms with Crippen molar-refractivity contribution < 1.29 is 4.39 Å². The fraction of sp³-hybridized carbons (Fsp3) is 0.286. The Hall–Kier alpha value is -0.360. The van der Waals surface area contributed by atoms with Gasteiger partial charge in [-0.3, -0.25) is 0 Å². The molecule has 0 aliphatic carbocycles. The summed E-state index contributed by atoms with van der Waals surface area (Å²) in [6.07, 6.45) is 0. The highest BCUT2D eigenvalue weighted by Gasteiger charge is 2.16. The molecule has 102 valence electrons. The summed E-state index contributed by atoms with van der Waals surface area (Å²) in [6.45, 7) is 2.98. The lowest BCUT2D eigenvalue weighted by Crippen LogP contribution is -2.22. The molecule has 1 aromatic carbocycles. The molecule has 2 rings (SSSR count). The van der Waals surface area contributed by atoms with Gasteiger partial charge < -0.3 is 5.32 Å². The number of hydrogen-bond donors (Lipinski definition) is 1. The normalized spacial score (nSPS) is 12.6. The number of thiophene rings is 1. The molecule has 1 N–H and O–H groups in total. The van der Waals surface area contributed by atoms with Crippen molar-refractivity contribution in [2.45, 2.75) is 17.9 Å². The van der Waals surface area contributed by atoms with Crippen molar-refractivity contribution >= 4 is 39.0 Å². The molecule has 1 heterocycles. The van der Waals surface area contributed by atoms with E-state index in [1.807, 2.05) is 12.1 Å². The zero-order valence-corrected chi connectivity index (χ0v) is 13.7. The van der Waals surface area contributed by atoms with E-state index in [0.29, 0.717) is 4.90 Å². The zero-order chi connectivity index (χ0) is 13.7. The summed E-state index contributed by atoms with van der Waals surface area (Å²) in [6, 6.07) is 9.21. The van der Waals surface area contributed by atoms with Crippen LogP contribution in [0.2, 0.25) is 0 Å². The van der Waals surface area contributed by atoms with Crippen molar-refractivity contribution in [3.63, 3.8) is 0 Å². The Kier molecular flexibility index (Phi) is 5.88. The zero-order valence-electron chi connectivity index (χ0n) is 10.5. The number of nitrogens with one attached hydrogen (secondary N) is 1. The van der Waals surface area contributed by atoms with E-state index in [9.17, 15) is 4.39 Å². The predicted molar refractivity (Wildman–Crippen MR) is 85.6 cm³/mol. The summed E-state index contributed by atoms with van der Waals surface area (Å²) in [5.74, 6) is 0.668. The number of benzene rings is 1. The number of rotatable bonds is 6. The molecule has 0 bridgehead atoms. The first-order valence-corrected chi connectivity index (χ1v) is 8.71. The molecule has 19 heavy (non-hydrogen) atoms. The van der Waals surface area contributed by atoms with E-state index in [2.05, 4.69) is 39.6 Å². The van der Waals surface area contributed by atoms with Crippen molar-refractivity contribution in [2.24, 2.45) is 0 Å². The average molecular weight is 360 g/mol. The predicted octanol–water partition coefficient (Wildman–Crippen LogP) is 5.09. The SMILES string of the molecule is CCNC(CSc1ccccc1F)c1sccc1Br. The van der Waals surface area contributed by atoms with Crippen molar-refractivity contribution in [1.82, 2.24) is 5.32 Å². The molecule has 0 amide bonds. The van der Waals surface area contributed by atoms with Crippen molar-refractivity contribution in [3.8, 4) is 0 Å². The van der Waals surface area contributed by atoms with E-state index >= 15 is 0 Å². The van der Waals surface area contributed by atoms with Crippen LogP contribution in [0.15, 0.2) is 45.1 Å². The second kappa shape index (κ2) is 7.43. The van der Waals surface area contributed by atoms with Crippen LogP contribution >= 0.6 is 39.0 Å². The van der Waals surface area contributed by atoms with Gasteiger partial charge in [-0.2, -0.15) is 0 Å². The number of halogens is 2. The van der Waals surface area contributed by atoms with Gasteiger partial charge in [0, 0.05) is 20.0 Å². The van der Waals surface area contributed by atoms with Gasteiger partial charge in [-0.25, -0.2) is 4.39 Å². The Morgan fingerprint density at radius 2 is 2.16 bits per heavy atom. The maximum atomic E-state index is 13.6. The molecule has 2 aromatic rings. The van der Waals surface area contributed by atoms with Gasteiger partial charge in [-0.1, -0.05) is 19.1 Å². The van der Waals surface area contributed by atoms with Gasteiger partial charge in [-0.15, -0.1) is 23.1 Å². The van der Waals surface area contributed by atoms with Crippen molar-refractivity contribution in [1.29, 1.82) is 0 Å². The molecule has 5 heteroatoms. The van der Waals surface area contributed by atoms with Crippen LogP contribution in [-0.4, -0.2) is 12.3 Å². The molecule has 1 nitrogen and oxygen atoms in total. The van der Waals surface area contributed by atoms with Crippen LogP contribution in [0.5, 0.6) is 0 Å². The Bertz CT molecular complexity index is 530. The van der Waals surface area contributed by atoms with Crippen LogP contribution in [0.3, 0.4) is 0 Å². The summed E-state index contributed by atoms with van der Waals surface area (Å²) in [5.41, 5.74) is 0. The molecular weight excluding hydrogens is 345 g/mol. The van der Waals surface area contributed by atoms with Gasteiger partial charge >= 0.3 is 0 Å². The molecule has 0 aliphatic heterocycles. The fourth-order valence-corrected chi connectivity index (χ4v) is 4.61. The van der Waals surface area contributed by atoms with Gasteiger partial charge in [-0.05, 0) is 46.1 Å². The highest BCUT2D eigenvalue weighted by atomic mass is 79.9. The van der Waals surface area contributed by atoms with Gasteiger partial charge in [0.15, 0.2) is 0 Å². The van der Waals surface area contributed by atoms with E-state index in [4.69, 9.17) is 0 Å². The van der Waals surface area contributed by atoms with E-state index in [1.54, 1.807) is 29.2 Å². The van der Waals surface area contributed by atoms with Gasteiger partial charge in [0.1, 0.15) is 5.82 Å². The topological polar surface area (TPSA) is 12.0 Å². The average Bonchev–Trinajstić information content (AvgIpc) is 2.82. The maximum Gasteiger partial charge on any atom is 0.136 e. The minimum Gasteiger partial charge on any atom is -0.309 e. The summed E-state index contributed by atoms with van der Waals surface area (Å²) >= 11 is 6.84. The fourth-order valence-electron chi connectivity index (χ4n) is 1.76. The molecule has 1 atom stereocenters. The smallest absolute Gasteiger partial charge is 0.136 e. The minimum absolute atomic E-state index is 0.145. The Balaban J connectivity index is 2.06. The molecule has 1 aromatic heterocycles. The lowest BCUT2D eigenvalue weighted by atomic mass is 10.3. The third-order valence-corrected chi connectivity index (χ3v) is 5.78. The molecular formula is C14H15BrFNS2. The summed E-state index contributed by atoms with van der Waals surface area (Å²) in [7, 11) is 0. The second-order valence-corrected chi connectivity index (χ2v) is 6.85. The van der Waals surface area contributed by atoms with E-state index in [-0.39, 0.29) is 11.9 Å². The molecule has 0 saturated carbocycles. The quantitative estimate of drug-likeness (QED) is 0.720. The van der Waals surface area contributed by atoms with Crippen LogP contribution in [0.1, 0.15) is 17.8 Å². The van der Waals surface area contributed by atoms with E-state index < -0.39 is 0 Å². The standard InChI is InChI=1S/C14H15BrFNS2/c1-2-17-12(14-10(15)7-8-18-14)9-19-13-6-4-3-5-11(13)16/h3-8,12,17H,2,9H2,1H3. The van der Waals surface area contributed by atoms with Gasteiger partial charge in [0.25, 0.3) is 0 Å². The molecule has 0 saturated heterocycles. The summed E-state index contributed by atoms with van der Waals surface area (Å²) in [5, 5.41) is 5.52. The van der Waals surface area contributed by atoms with Gasteiger partial charge in [0.05, 0.1) is 6.04 Å². The molecule has 1 unspecified atom stereocenters. The number of thioether (sulfide) groups is 1. The highest BCUT2D eigenvalue weighted by molar-refractivity contribution is 9.10. The Morgan fingerprint density at radius 1 is 1.37 bits per heavy atom. The first-order chi connectivity index (χ1) is 9.22. The van der Waals surface area contributed by atoms with Crippen LogP contribution in [-0.2, 0) is 0 Å². The molecule has 0 radical (unpaired) electrons. The van der Waals surface area contributed by atoms with Crippen molar-refractivity contribution in [3.05, 3.63) is 50.9 Å². The molecule has 0 fully saturated rings. The Morgan fingerprint density at radius 3 is 2.79 bits per heavy atom. The third kappa shape index (κ3) is 4.05. The lowest BCUT2D eigenvalue weighted by Gasteiger charge is -2.17. The monoisotopic (exact) mass is 359 g/mol. The van der Waals surface area contributed by atoms with Crippen molar-refractivity contribution in [2.75, 3.05) is 12.3 Å². The maximum absolute atomic E-state index is 13.6. The number of hydrogen-bond acceptors (Lipinski definition) is 3. The first-order valence-electron chi connectivity index (χ1n) is 6.06. The first kappa shape index (κ1) is 15.0. The van der Waals surface area contributed by atoms with Crippen LogP contribution in [0.25, 0.3) is 0 Å². The van der Waals surface area contributed by atoms with Crippen LogP contribution < -0.4 is 5.32 Å². The molecule has 0 aliphatic rings. The second-order valence-electron chi connectivity index (χ2n) is 3.98. The largest absolute Gasteiger partial charge is 0.309 e. The van der Waals surface area contributed by atoms with Crippen LogP contribution in [0.4, 0.5) is 4.39 Å². The van der Waals surface area contributed by atoms with Crippen LogP contribution in [0, 0.1) is 5.82 Å². The highest BCUT2D eigenvalue weighted by Crippen LogP contribution is 2.33. The van der Waals surface area contributed by atoms with Gasteiger partial charge in [0.2, 0.25) is 0 Å².